The molecule has 1 aliphatic heterocycles. The van der Waals surface area contributed by atoms with E-state index in [9.17, 15) is 13.2 Å². The molecule has 0 radical (unpaired) electrons. The highest BCUT2D eigenvalue weighted by molar-refractivity contribution is 7.92. The van der Waals surface area contributed by atoms with Crippen LogP contribution >= 0.6 is 0 Å². The monoisotopic (exact) mass is 385 g/mol. The van der Waals surface area contributed by atoms with E-state index in [2.05, 4.69) is 9.97 Å². The fourth-order valence-corrected chi connectivity index (χ4v) is 4.97. The lowest BCUT2D eigenvalue weighted by Crippen LogP contribution is -2.36. The topological polar surface area (TPSA) is 80.2 Å². The van der Waals surface area contributed by atoms with E-state index in [1.54, 1.807) is 29.2 Å². The molecular formula is C20H23N3O3S. The number of hydrogen-bond donors (Lipinski definition) is 0. The number of fused-ring (bicyclic) bond motifs is 1. The number of carbonyl (C=O) groups is 1. The lowest BCUT2D eigenvalue weighted by molar-refractivity contribution is 0.0731. The Kier molecular flexibility index (Phi) is 4.50. The van der Waals surface area contributed by atoms with Gasteiger partial charge in [0.1, 0.15) is 5.82 Å². The van der Waals surface area contributed by atoms with Gasteiger partial charge in [0.15, 0.2) is 9.84 Å². The minimum absolute atomic E-state index is 0.0965. The summed E-state index contributed by atoms with van der Waals surface area (Å²) in [6.07, 6.45) is 4.07. The van der Waals surface area contributed by atoms with E-state index in [0.29, 0.717) is 23.5 Å². The number of rotatable bonds is 4. The van der Waals surface area contributed by atoms with E-state index in [0.717, 1.165) is 36.3 Å². The summed E-state index contributed by atoms with van der Waals surface area (Å²) in [5.74, 6) is 0.931. The van der Waals surface area contributed by atoms with Crippen LogP contribution in [-0.4, -0.2) is 41.0 Å². The molecule has 2 heterocycles. The quantitative estimate of drug-likeness (QED) is 0.808. The van der Waals surface area contributed by atoms with Crippen LogP contribution in [0.4, 0.5) is 0 Å². The molecule has 0 unspecified atom stereocenters. The molecule has 0 saturated heterocycles. The van der Waals surface area contributed by atoms with Gasteiger partial charge in [-0.05, 0) is 49.1 Å². The van der Waals surface area contributed by atoms with Crippen LogP contribution < -0.4 is 0 Å². The summed E-state index contributed by atoms with van der Waals surface area (Å²) >= 11 is 0. The molecule has 1 aliphatic carbocycles. The molecule has 7 heteroatoms. The van der Waals surface area contributed by atoms with Gasteiger partial charge in [0.2, 0.25) is 0 Å². The molecule has 1 saturated carbocycles. The molecule has 1 amide bonds. The van der Waals surface area contributed by atoms with Gasteiger partial charge < -0.3 is 4.90 Å². The maximum absolute atomic E-state index is 12.9. The first-order valence-electron chi connectivity index (χ1n) is 9.34. The zero-order chi connectivity index (χ0) is 19.2. The highest BCUT2D eigenvalue weighted by Gasteiger charge is 2.36. The highest BCUT2D eigenvalue weighted by Crippen LogP contribution is 2.33. The van der Waals surface area contributed by atoms with E-state index >= 15 is 0 Å². The standard InChI is InChI=1S/C20H23N3O3S/c1-13(2)19-21-11-15-9-10-23(12-18(15)22-19)20(24)14-3-5-16(6-4-14)27(25,26)17-7-8-17/h3-6,11,13,17H,7-10,12H2,1-2H3. The Morgan fingerprint density at radius 1 is 1.19 bits per heavy atom. The second-order valence-corrected chi connectivity index (χ2v) is 9.83. The van der Waals surface area contributed by atoms with Crippen molar-refractivity contribution in [2.75, 3.05) is 6.54 Å². The predicted octanol–water partition coefficient (Wildman–Crippen LogP) is 2.73. The molecular weight excluding hydrogens is 362 g/mol. The first-order chi connectivity index (χ1) is 12.9. The van der Waals surface area contributed by atoms with Gasteiger partial charge in [0, 0.05) is 24.2 Å². The molecule has 1 fully saturated rings. The molecule has 4 rings (SSSR count). The van der Waals surface area contributed by atoms with E-state index in [1.165, 1.54) is 0 Å². The Morgan fingerprint density at radius 3 is 2.52 bits per heavy atom. The summed E-state index contributed by atoms with van der Waals surface area (Å²) in [7, 11) is -3.23. The number of benzene rings is 1. The first-order valence-corrected chi connectivity index (χ1v) is 10.9. The fourth-order valence-electron chi connectivity index (χ4n) is 3.31. The van der Waals surface area contributed by atoms with E-state index in [1.807, 2.05) is 20.0 Å². The summed E-state index contributed by atoms with van der Waals surface area (Å²) in [5.41, 5.74) is 2.50. The zero-order valence-electron chi connectivity index (χ0n) is 15.6. The van der Waals surface area contributed by atoms with Gasteiger partial charge >= 0.3 is 0 Å². The number of carbonyl (C=O) groups excluding carboxylic acids is 1. The van der Waals surface area contributed by atoms with Gasteiger partial charge in [-0.2, -0.15) is 0 Å². The molecule has 0 bridgehead atoms. The van der Waals surface area contributed by atoms with Crippen molar-refractivity contribution in [1.29, 1.82) is 0 Å². The second kappa shape index (κ2) is 6.71. The van der Waals surface area contributed by atoms with Crippen LogP contribution in [0.25, 0.3) is 0 Å². The van der Waals surface area contributed by atoms with Crippen molar-refractivity contribution in [2.24, 2.45) is 0 Å². The minimum atomic E-state index is -3.23. The third kappa shape index (κ3) is 3.48. The fraction of sp³-hybridized carbons (Fsp3) is 0.450. The number of aromatic nitrogens is 2. The summed E-state index contributed by atoms with van der Waals surface area (Å²) < 4.78 is 24.6. The van der Waals surface area contributed by atoms with E-state index in [4.69, 9.17) is 0 Å². The summed E-state index contributed by atoms with van der Waals surface area (Å²) in [5, 5.41) is -0.243. The lowest BCUT2D eigenvalue weighted by atomic mass is 10.0. The van der Waals surface area contributed by atoms with Gasteiger partial charge in [0.05, 0.1) is 22.4 Å². The smallest absolute Gasteiger partial charge is 0.254 e. The van der Waals surface area contributed by atoms with Crippen molar-refractivity contribution in [1.82, 2.24) is 14.9 Å². The van der Waals surface area contributed by atoms with Crippen LogP contribution in [0.15, 0.2) is 35.4 Å². The molecule has 6 nitrogen and oxygen atoms in total. The van der Waals surface area contributed by atoms with Crippen molar-refractivity contribution in [3.05, 3.63) is 53.1 Å². The number of hydrogen-bond acceptors (Lipinski definition) is 5. The van der Waals surface area contributed by atoms with Gasteiger partial charge in [-0.25, -0.2) is 18.4 Å². The molecule has 2 aromatic rings. The summed E-state index contributed by atoms with van der Waals surface area (Å²) in [6.45, 7) is 5.16. The van der Waals surface area contributed by atoms with Crippen LogP contribution in [-0.2, 0) is 22.8 Å². The number of sulfone groups is 1. The van der Waals surface area contributed by atoms with Crippen molar-refractivity contribution >= 4 is 15.7 Å². The molecule has 0 N–H and O–H groups in total. The van der Waals surface area contributed by atoms with Crippen LogP contribution in [0.2, 0.25) is 0 Å². The number of nitrogens with zero attached hydrogens (tertiary/aromatic N) is 3. The van der Waals surface area contributed by atoms with Crippen molar-refractivity contribution in [3.8, 4) is 0 Å². The average molecular weight is 385 g/mol. The maximum Gasteiger partial charge on any atom is 0.254 e. The zero-order valence-corrected chi connectivity index (χ0v) is 16.4. The Hall–Kier alpha value is -2.28. The van der Waals surface area contributed by atoms with Crippen molar-refractivity contribution < 1.29 is 13.2 Å². The first kappa shape index (κ1) is 18.1. The Bertz CT molecular complexity index is 980. The second-order valence-electron chi connectivity index (χ2n) is 7.60. The van der Waals surface area contributed by atoms with Crippen molar-refractivity contribution in [2.45, 2.75) is 55.7 Å². The van der Waals surface area contributed by atoms with E-state index in [-0.39, 0.29) is 17.1 Å². The molecule has 27 heavy (non-hydrogen) atoms. The lowest BCUT2D eigenvalue weighted by Gasteiger charge is -2.28. The SMILES string of the molecule is CC(C)c1ncc2c(n1)CN(C(=O)c1ccc(S(=O)(=O)C3CC3)cc1)CC2. The van der Waals surface area contributed by atoms with Gasteiger partial charge in [0.25, 0.3) is 5.91 Å². The molecule has 0 spiro atoms. The molecule has 0 atom stereocenters. The van der Waals surface area contributed by atoms with Crippen LogP contribution in [0, 0.1) is 0 Å². The molecule has 1 aromatic heterocycles. The number of amides is 1. The Balaban J connectivity index is 1.52. The average Bonchev–Trinajstić information content (AvgIpc) is 3.52. The minimum Gasteiger partial charge on any atom is -0.332 e. The van der Waals surface area contributed by atoms with Crippen LogP contribution in [0.5, 0.6) is 0 Å². The third-order valence-corrected chi connectivity index (χ3v) is 7.44. The van der Waals surface area contributed by atoms with Gasteiger partial charge in [-0.3, -0.25) is 4.79 Å². The van der Waals surface area contributed by atoms with Crippen molar-refractivity contribution in [3.63, 3.8) is 0 Å². The Morgan fingerprint density at radius 2 is 1.89 bits per heavy atom. The molecule has 1 aromatic carbocycles. The Labute approximate surface area is 159 Å². The van der Waals surface area contributed by atoms with Crippen LogP contribution in [0.3, 0.4) is 0 Å². The molecule has 2 aliphatic rings. The largest absolute Gasteiger partial charge is 0.332 e. The third-order valence-electron chi connectivity index (χ3n) is 5.16. The highest BCUT2D eigenvalue weighted by atomic mass is 32.2. The van der Waals surface area contributed by atoms with Gasteiger partial charge in [-0.1, -0.05) is 13.8 Å². The molecule has 142 valence electrons. The normalized spacial score (nSPS) is 17.1. The van der Waals surface area contributed by atoms with Crippen LogP contribution in [0.1, 0.15) is 60.0 Å². The maximum atomic E-state index is 12.9. The van der Waals surface area contributed by atoms with Gasteiger partial charge in [-0.15, -0.1) is 0 Å². The van der Waals surface area contributed by atoms with E-state index < -0.39 is 9.84 Å². The summed E-state index contributed by atoms with van der Waals surface area (Å²) in [6, 6.07) is 6.34. The predicted molar refractivity (Wildman–Crippen MR) is 101 cm³/mol. The summed E-state index contributed by atoms with van der Waals surface area (Å²) in [4.78, 5) is 24.0.